The van der Waals surface area contributed by atoms with Crippen molar-refractivity contribution in [2.45, 2.75) is 38.1 Å². The number of urea groups is 1. The number of halogens is 2. The number of carbonyl (C=O) groups excluding carboxylic acids is 1. The number of nitrogens with zero attached hydrogens (tertiary/aromatic N) is 3. The van der Waals surface area contributed by atoms with Gasteiger partial charge in [0.2, 0.25) is 0 Å². The summed E-state index contributed by atoms with van der Waals surface area (Å²) in [5.41, 5.74) is 4.04. The Hall–Kier alpha value is -1.21. The van der Waals surface area contributed by atoms with Gasteiger partial charge in [0.25, 0.3) is 0 Å². The Kier molecular flexibility index (Phi) is 7.06. The molecule has 2 aliphatic heterocycles. The molecule has 0 atom stereocenters. The van der Waals surface area contributed by atoms with Crippen LogP contribution < -0.4 is 15.6 Å². The third-order valence-electron chi connectivity index (χ3n) is 6.28. The molecule has 2 N–H and O–H groups in total. The molecule has 160 valence electrons. The van der Waals surface area contributed by atoms with Crippen LogP contribution in [0.5, 0.6) is 0 Å². The zero-order valence-corrected chi connectivity index (χ0v) is 18.4. The SMILES string of the molecule is O=C(NC1CC1)NN1CCC(CCN2CCN(c3cccc(Cl)c3Cl)CC2)CC1. The lowest BCUT2D eigenvalue weighted by Gasteiger charge is -2.38. The van der Waals surface area contributed by atoms with E-state index in [1.807, 2.05) is 12.1 Å². The predicted molar refractivity (Wildman–Crippen MR) is 119 cm³/mol. The topological polar surface area (TPSA) is 50.9 Å². The van der Waals surface area contributed by atoms with Gasteiger partial charge in [-0.3, -0.25) is 10.3 Å². The van der Waals surface area contributed by atoms with E-state index in [0.717, 1.165) is 83.1 Å². The quantitative estimate of drug-likeness (QED) is 0.710. The average molecular weight is 440 g/mol. The number of benzene rings is 1. The molecule has 1 aliphatic carbocycles. The van der Waals surface area contributed by atoms with Crippen molar-refractivity contribution in [2.75, 3.05) is 50.7 Å². The summed E-state index contributed by atoms with van der Waals surface area (Å²) >= 11 is 12.5. The van der Waals surface area contributed by atoms with E-state index in [1.165, 1.54) is 6.42 Å². The first-order valence-electron chi connectivity index (χ1n) is 10.8. The summed E-state index contributed by atoms with van der Waals surface area (Å²) in [5.74, 6) is 0.750. The summed E-state index contributed by atoms with van der Waals surface area (Å²) in [4.78, 5) is 16.7. The Bertz CT molecular complexity index is 698. The molecule has 0 spiro atoms. The number of amides is 2. The molecular formula is C21H31Cl2N5O. The molecule has 2 amide bonds. The Morgan fingerprint density at radius 3 is 2.41 bits per heavy atom. The van der Waals surface area contributed by atoms with Crippen molar-refractivity contribution in [1.29, 1.82) is 0 Å². The fourth-order valence-corrected chi connectivity index (χ4v) is 4.65. The third kappa shape index (κ3) is 5.91. The third-order valence-corrected chi connectivity index (χ3v) is 7.09. The molecule has 0 aromatic heterocycles. The van der Waals surface area contributed by atoms with Gasteiger partial charge in [0.1, 0.15) is 0 Å². The summed E-state index contributed by atoms with van der Waals surface area (Å²) in [6.07, 6.45) is 5.79. The standard InChI is InChI=1S/C21H31Cl2N5O/c22-18-2-1-3-19(20(18)23)27-14-12-26(13-15-27)9-6-16-7-10-28(11-8-16)25-21(29)24-17-4-5-17/h1-3,16-17H,4-15H2,(H2,24,25,29). The number of nitrogens with one attached hydrogen (secondary N) is 2. The van der Waals surface area contributed by atoms with Crippen LogP contribution in [0.25, 0.3) is 0 Å². The van der Waals surface area contributed by atoms with E-state index in [0.29, 0.717) is 16.1 Å². The van der Waals surface area contributed by atoms with Gasteiger partial charge in [-0.05, 0) is 56.7 Å². The lowest BCUT2D eigenvalue weighted by atomic mass is 9.94. The fourth-order valence-electron chi connectivity index (χ4n) is 4.24. The van der Waals surface area contributed by atoms with Crippen molar-refractivity contribution < 1.29 is 4.79 Å². The molecule has 3 aliphatic rings. The molecule has 6 nitrogen and oxygen atoms in total. The van der Waals surface area contributed by atoms with Crippen LogP contribution in [0.4, 0.5) is 10.5 Å². The Balaban J connectivity index is 1.13. The molecule has 3 fully saturated rings. The summed E-state index contributed by atoms with van der Waals surface area (Å²) < 4.78 is 0. The Morgan fingerprint density at radius 2 is 1.72 bits per heavy atom. The van der Waals surface area contributed by atoms with Crippen molar-refractivity contribution in [2.24, 2.45) is 5.92 Å². The predicted octanol–water partition coefficient (Wildman–Crippen LogP) is 3.59. The molecule has 2 saturated heterocycles. The monoisotopic (exact) mass is 439 g/mol. The van der Waals surface area contributed by atoms with E-state index in [1.54, 1.807) is 0 Å². The molecule has 0 bridgehead atoms. The van der Waals surface area contributed by atoms with Gasteiger partial charge in [0.05, 0.1) is 15.7 Å². The number of piperazine rings is 1. The molecule has 2 heterocycles. The van der Waals surface area contributed by atoms with Crippen LogP contribution in [0.2, 0.25) is 10.0 Å². The van der Waals surface area contributed by atoms with Gasteiger partial charge in [0.15, 0.2) is 0 Å². The van der Waals surface area contributed by atoms with Crippen LogP contribution in [0, 0.1) is 5.92 Å². The van der Waals surface area contributed by atoms with E-state index in [4.69, 9.17) is 23.2 Å². The second-order valence-corrected chi connectivity index (χ2v) is 9.27. The van der Waals surface area contributed by atoms with Crippen molar-refractivity contribution in [1.82, 2.24) is 20.7 Å². The number of anilines is 1. The number of hydrogen-bond donors (Lipinski definition) is 2. The summed E-state index contributed by atoms with van der Waals surface area (Å²) in [5, 5.41) is 6.34. The van der Waals surface area contributed by atoms with Crippen molar-refractivity contribution >= 4 is 34.9 Å². The highest BCUT2D eigenvalue weighted by Crippen LogP contribution is 2.33. The molecule has 8 heteroatoms. The van der Waals surface area contributed by atoms with E-state index in [2.05, 4.69) is 31.6 Å². The van der Waals surface area contributed by atoms with Gasteiger partial charge in [-0.15, -0.1) is 0 Å². The van der Waals surface area contributed by atoms with Crippen LogP contribution in [-0.4, -0.2) is 67.8 Å². The first-order chi connectivity index (χ1) is 14.1. The molecule has 0 radical (unpaired) electrons. The van der Waals surface area contributed by atoms with Crippen LogP contribution in [-0.2, 0) is 0 Å². The van der Waals surface area contributed by atoms with E-state index >= 15 is 0 Å². The van der Waals surface area contributed by atoms with E-state index in [-0.39, 0.29) is 6.03 Å². The number of rotatable bonds is 6. The number of piperidine rings is 1. The highest BCUT2D eigenvalue weighted by molar-refractivity contribution is 6.43. The summed E-state index contributed by atoms with van der Waals surface area (Å²) in [6, 6.07) is 6.22. The van der Waals surface area contributed by atoms with Gasteiger partial charge in [0, 0.05) is 45.3 Å². The van der Waals surface area contributed by atoms with Crippen LogP contribution in [0.1, 0.15) is 32.1 Å². The Labute approximate surface area is 183 Å². The van der Waals surface area contributed by atoms with Crippen molar-refractivity contribution in [3.8, 4) is 0 Å². The minimum atomic E-state index is -0.0383. The molecular weight excluding hydrogens is 409 g/mol. The van der Waals surface area contributed by atoms with E-state index < -0.39 is 0 Å². The maximum atomic E-state index is 11.9. The van der Waals surface area contributed by atoms with Gasteiger partial charge in [-0.25, -0.2) is 9.80 Å². The molecule has 1 aromatic carbocycles. The van der Waals surface area contributed by atoms with Crippen LogP contribution in [0.3, 0.4) is 0 Å². The minimum Gasteiger partial charge on any atom is -0.368 e. The largest absolute Gasteiger partial charge is 0.368 e. The second kappa shape index (κ2) is 9.73. The minimum absolute atomic E-state index is 0.0383. The number of hydrazine groups is 1. The summed E-state index contributed by atoms with van der Waals surface area (Å²) in [7, 11) is 0. The van der Waals surface area contributed by atoms with Crippen LogP contribution >= 0.6 is 23.2 Å². The van der Waals surface area contributed by atoms with Gasteiger partial charge in [-0.2, -0.15) is 0 Å². The molecule has 4 rings (SSSR count). The van der Waals surface area contributed by atoms with Gasteiger partial charge in [-0.1, -0.05) is 29.3 Å². The normalized spacial score (nSPS) is 21.9. The first kappa shape index (κ1) is 21.0. The maximum Gasteiger partial charge on any atom is 0.329 e. The molecule has 0 unspecified atom stereocenters. The van der Waals surface area contributed by atoms with Gasteiger partial charge >= 0.3 is 6.03 Å². The molecule has 29 heavy (non-hydrogen) atoms. The maximum absolute atomic E-state index is 11.9. The Morgan fingerprint density at radius 1 is 1.00 bits per heavy atom. The van der Waals surface area contributed by atoms with Crippen molar-refractivity contribution in [3.63, 3.8) is 0 Å². The smallest absolute Gasteiger partial charge is 0.329 e. The van der Waals surface area contributed by atoms with E-state index in [9.17, 15) is 4.79 Å². The molecule has 1 saturated carbocycles. The second-order valence-electron chi connectivity index (χ2n) is 8.48. The number of hydrogen-bond acceptors (Lipinski definition) is 4. The summed E-state index contributed by atoms with van der Waals surface area (Å²) in [6.45, 7) is 7.14. The van der Waals surface area contributed by atoms with Crippen molar-refractivity contribution in [3.05, 3.63) is 28.2 Å². The lowest BCUT2D eigenvalue weighted by molar-refractivity contribution is 0.120. The number of carbonyl (C=O) groups is 1. The lowest BCUT2D eigenvalue weighted by Crippen LogP contribution is -2.51. The highest BCUT2D eigenvalue weighted by Gasteiger charge is 2.26. The zero-order chi connectivity index (χ0) is 20.2. The van der Waals surface area contributed by atoms with Gasteiger partial charge < -0.3 is 10.2 Å². The fraction of sp³-hybridized carbons (Fsp3) is 0.667. The highest BCUT2D eigenvalue weighted by atomic mass is 35.5. The molecule has 1 aromatic rings. The van der Waals surface area contributed by atoms with Crippen LogP contribution in [0.15, 0.2) is 18.2 Å². The first-order valence-corrected chi connectivity index (χ1v) is 11.6. The average Bonchev–Trinajstić information content (AvgIpc) is 3.54. The zero-order valence-electron chi connectivity index (χ0n) is 16.9.